The summed E-state index contributed by atoms with van der Waals surface area (Å²) in [6.45, 7) is 2.60. The van der Waals surface area contributed by atoms with Gasteiger partial charge in [-0.3, -0.25) is 0 Å². The average molecular weight is 268 g/mol. The van der Waals surface area contributed by atoms with E-state index < -0.39 is 0 Å². The zero-order valence-electron chi connectivity index (χ0n) is 11.7. The Bertz CT molecular complexity index is 585. The van der Waals surface area contributed by atoms with Crippen LogP contribution in [0.1, 0.15) is 30.4 Å². The fraction of sp³-hybridized carbons (Fsp3) is 0.471. The summed E-state index contributed by atoms with van der Waals surface area (Å²) in [6.07, 6.45) is 9.76. The van der Waals surface area contributed by atoms with E-state index >= 15 is 0 Å². The van der Waals surface area contributed by atoms with Gasteiger partial charge < -0.3 is 9.32 Å². The molecule has 20 heavy (non-hydrogen) atoms. The van der Waals surface area contributed by atoms with Crippen molar-refractivity contribution in [2.45, 2.75) is 38.1 Å². The lowest BCUT2D eigenvalue weighted by atomic mass is 9.86. The second kappa shape index (κ2) is 5.06. The lowest BCUT2D eigenvalue weighted by Crippen LogP contribution is -2.37. The predicted octanol–water partition coefficient (Wildman–Crippen LogP) is 3.29. The Balaban J connectivity index is 1.57. The molecule has 1 aliphatic heterocycles. The van der Waals surface area contributed by atoms with Gasteiger partial charge in [0.1, 0.15) is 0 Å². The van der Waals surface area contributed by atoms with Crippen molar-refractivity contribution in [1.29, 1.82) is 0 Å². The molecule has 4 rings (SSSR count). The largest absolute Gasteiger partial charge is 0.444 e. The van der Waals surface area contributed by atoms with Crippen molar-refractivity contribution < 1.29 is 4.42 Å². The van der Waals surface area contributed by atoms with Crippen LogP contribution < -0.4 is 0 Å². The summed E-state index contributed by atoms with van der Waals surface area (Å²) >= 11 is 0. The maximum atomic E-state index is 5.39. The van der Waals surface area contributed by atoms with E-state index in [-0.39, 0.29) is 0 Å². The molecule has 0 bridgehead atoms. The third-order valence-corrected chi connectivity index (χ3v) is 4.78. The summed E-state index contributed by atoms with van der Waals surface area (Å²) in [4.78, 5) is 6.69. The molecule has 3 nitrogen and oxygen atoms in total. The molecular weight excluding hydrogens is 248 g/mol. The van der Waals surface area contributed by atoms with Crippen molar-refractivity contribution in [2.75, 3.05) is 13.1 Å². The van der Waals surface area contributed by atoms with E-state index in [2.05, 4.69) is 28.1 Å². The fourth-order valence-electron chi connectivity index (χ4n) is 3.67. The first-order chi connectivity index (χ1) is 9.90. The minimum absolute atomic E-state index is 0.765. The van der Waals surface area contributed by atoms with Gasteiger partial charge in [0, 0.05) is 11.6 Å². The highest BCUT2D eigenvalue weighted by Gasteiger charge is 2.26. The summed E-state index contributed by atoms with van der Waals surface area (Å²) in [5.41, 5.74) is 4.17. The SMILES string of the molecule is c1ncc(-c2ccc3c(c2)CCC(N2CCCC2)C3)o1. The van der Waals surface area contributed by atoms with Crippen LogP contribution in [0.15, 0.2) is 35.2 Å². The Morgan fingerprint density at radius 1 is 1.15 bits per heavy atom. The molecule has 1 saturated heterocycles. The Morgan fingerprint density at radius 2 is 2.05 bits per heavy atom. The quantitative estimate of drug-likeness (QED) is 0.837. The van der Waals surface area contributed by atoms with E-state index in [4.69, 9.17) is 4.42 Å². The molecule has 2 aliphatic rings. The molecule has 0 amide bonds. The lowest BCUT2D eigenvalue weighted by Gasteiger charge is -2.32. The minimum atomic E-state index is 0.765. The number of rotatable bonds is 2. The van der Waals surface area contributed by atoms with Crippen LogP contribution in [-0.4, -0.2) is 29.0 Å². The monoisotopic (exact) mass is 268 g/mol. The first-order valence-electron chi connectivity index (χ1n) is 7.65. The van der Waals surface area contributed by atoms with Crippen LogP contribution in [0, 0.1) is 0 Å². The van der Waals surface area contributed by atoms with Crippen molar-refractivity contribution >= 4 is 0 Å². The molecule has 0 saturated carbocycles. The highest BCUT2D eigenvalue weighted by molar-refractivity contribution is 5.58. The molecule has 0 radical (unpaired) electrons. The molecule has 1 aromatic carbocycles. The van der Waals surface area contributed by atoms with Crippen molar-refractivity contribution in [3.63, 3.8) is 0 Å². The number of aryl methyl sites for hydroxylation is 1. The number of nitrogens with zero attached hydrogens (tertiary/aromatic N) is 2. The van der Waals surface area contributed by atoms with Crippen LogP contribution in [0.5, 0.6) is 0 Å². The molecule has 2 heterocycles. The van der Waals surface area contributed by atoms with Crippen molar-refractivity contribution in [2.24, 2.45) is 0 Å². The highest BCUT2D eigenvalue weighted by atomic mass is 16.3. The molecule has 0 spiro atoms. The van der Waals surface area contributed by atoms with E-state index in [1.54, 1.807) is 6.20 Å². The number of hydrogen-bond donors (Lipinski definition) is 0. The lowest BCUT2D eigenvalue weighted by molar-refractivity contribution is 0.222. The van der Waals surface area contributed by atoms with Gasteiger partial charge in [0.25, 0.3) is 0 Å². The van der Waals surface area contributed by atoms with Crippen LogP contribution in [-0.2, 0) is 12.8 Å². The maximum Gasteiger partial charge on any atom is 0.181 e. The molecule has 3 heteroatoms. The van der Waals surface area contributed by atoms with Gasteiger partial charge in [-0.25, -0.2) is 4.98 Å². The molecule has 1 unspecified atom stereocenters. The van der Waals surface area contributed by atoms with Crippen molar-refractivity contribution in [3.05, 3.63) is 41.9 Å². The smallest absolute Gasteiger partial charge is 0.181 e. The van der Waals surface area contributed by atoms with Gasteiger partial charge in [-0.2, -0.15) is 0 Å². The molecule has 1 fully saturated rings. The standard InChI is InChI=1S/C17H20N2O/c1-2-8-19(7-1)16-6-5-13-9-15(4-3-14(13)10-16)17-11-18-12-20-17/h3-4,9,11-12,16H,1-2,5-8,10H2. The van der Waals surface area contributed by atoms with Crippen LogP contribution in [0.4, 0.5) is 0 Å². The van der Waals surface area contributed by atoms with Crippen LogP contribution in [0.2, 0.25) is 0 Å². The normalized spacial score (nSPS) is 22.9. The number of aromatic nitrogens is 1. The summed E-state index contributed by atoms with van der Waals surface area (Å²) in [7, 11) is 0. The summed E-state index contributed by atoms with van der Waals surface area (Å²) in [5, 5.41) is 0. The van der Waals surface area contributed by atoms with Gasteiger partial charge in [-0.05, 0) is 62.4 Å². The van der Waals surface area contributed by atoms with Crippen LogP contribution in [0.3, 0.4) is 0 Å². The average Bonchev–Trinajstić information content (AvgIpc) is 3.19. The highest BCUT2D eigenvalue weighted by Crippen LogP contribution is 2.30. The van der Waals surface area contributed by atoms with Crippen molar-refractivity contribution in [3.8, 4) is 11.3 Å². The maximum absolute atomic E-state index is 5.39. The predicted molar refractivity (Wildman–Crippen MR) is 78.6 cm³/mol. The zero-order chi connectivity index (χ0) is 13.4. The van der Waals surface area contributed by atoms with Gasteiger partial charge in [-0.15, -0.1) is 0 Å². The van der Waals surface area contributed by atoms with Gasteiger partial charge >= 0.3 is 0 Å². The summed E-state index contributed by atoms with van der Waals surface area (Å²) < 4.78 is 5.39. The number of likely N-dealkylation sites (tertiary alicyclic amines) is 1. The Morgan fingerprint density at radius 3 is 2.85 bits per heavy atom. The first kappa shape index (κ1) is 12.2. The van der Waals surface area contributed by atoms with Gasteiger partial charge in [-0.1, -0.05) is 12.1 Å². The third-order valence-electron chi connectivity index (χ3n) is 4.78. The van der Waals surface area contributed by atoms with E-state index in [0.717, 1.165) is 17.4 Å². The van der Waals surface area contributed by atoms with E-state index in [9.17, 15) is 0 Å². The Labute approximate surface area is 119 Å². The summed E-state index contributed by atoms with van der Waals surface area (Å²) in [5.74, 6) is 0.870. The first-order valence-corrected chi connectivity index (χ1v) is 7.65. The van der Waals surface area contributed by atoms with E-state index in [1.165, 1.54) is 62.7 Å². The van der Waals surface area contributed by atoms with E-state index in [0.29, 0.717) is 0 Å². The van der Waals surface area contributed by atoms with E-state index in [1.807, 2.05) is 0 Å². The minimum Gasteiger partial charge on any atom is -0.444 e. The second-order valence-electron chi connectivity index (χ2n) is 5.99. The molecule has 1 aliphatic carbocycles. The topological polar surface area (TPSA) is 29.3 Å². The van der Waals surface area contributed by atoms with Crippen LogP contribution >= 0.6 is 0 Å². The van der Waals surface area contributed by atoms with Crippen LogP contribution in [0.25, 0.3) is 11.3 Å². The summed E-state index contributed by atoms with van der Waals surface area (Å²) in [6, 6.07) is 7.51. The number of fused-ring (bicyclic) bond motifs is 1. The number of hydrogen-bond acceptors (Lipinski definition) is 3. The molecule has 104 valence electrons. The molecule has 0 N–H and O–H groups in total. The Hall–Kier alpha value is -1.61. The van der Waals surface area contributed by atoms with Gasteiger partial charge in [0.2, 0.25) is 0 Å². The number of benzene rings is 1. The second-order valence-corrected chi connectivity index (χ2v) is 5.99. The fourth-order valence-corrected chi connectivity index (χ4v) is 3.67. The number of oxazole rings is 1. The molecule has 1 atom stereocenters. The third kappa shape index (κ3) is 2.16. The zero-order valence-corrected chi connectivity index (χ0v) is 11.7. The Kier molecular flexibility index (Phi) is 3.07. The van der Waals surface area contributed by atoms with Gasteiger partial charge in [0.05, 0.1) is 6.20 Å². The molecular formula is C17H20N2O. The molecule has 2 aromatic rings. The molecule has 1 aromatic heterocycles. The van der Waals surface area contributed by atoms with Crippen molar-refractivity contribution in [1.82, 2.24) is 9.88 Å². The van der Waals surface area contributed by atoms with Gasteiger partial charge in [0.15, 0.2) is 12.2 Å².